The van der Waals surface area contributed by atoms with E-state index in [9.17, 15) is 57.4 Å². The van der Waals surface area contributed by atoms with Crippen molar-refractivity contribution in [2.24, 2.45) is 5.73 Å². The quantitative estimate of drug-likeness (QED) is 0.0696. The Kier molecular flexibility index (Phi) is 25.6. The molecule has 97 heavy (non-hydrogen) atoms. The molecule has 30 heteroatoms. The van der Waals surface area contributed by atoms with Crippen LogP contribution < -0.4 is 48.3 Å². The van der Waals surface area contributed by atoms with Crippen LogP contribution >= 0.6 is 23.5 Å². The number of aromatic nitrogens is 4. The van der Waals surface area contributed by atoms with E-state index in [0.29, 0.717) is 88.5 Å². The van der Waals surface area contributed by atoms with E-state index in [1.807, 2.05) is 18.2 Å². The monoisotopic (exact) mass is 1370 g/mol. The molecule has 0 unspecified atom stereocenters. The lowest BCUT2D eigenvalue weighted by atomic mass is 10.0. The number of aromatic amines is 3. The number of nitrogens with one attached hydrogen (secondary N) is 11. The van der Waals surface area contributed by atoms with Gasteiger partial charge >= 0.3 is 5.97 Å². The second-order valence-corrected chi connectivity index (χ2v) is 26.0. The molecule has 0 radical (unpaired) electrons. The number of unbranched alkanes of at least 4 members (excludes halogenated alkanes) is 1. The van der Waals surface area contributed by atoms with Gasteiger partial charge in [-0.2, -0.15) is 23.5 Å². The van der Waals surface area contributed by atoms with Gasteiger partial charge in [0.1, 0.15) is 59.7 Å². The van der Waals surface area contributed by atoms with E-state index in [-0.39, 0.29) is 61.9 Å². The number of hydrogen-bond donors (Lipinski definition) is 14. The third-order valence-corrected chi connectivity index (χ3v) is 18.7. The number of aromatic hydroxyl groups is 1. The molecule has 15 N–H and O–H groups in total. The number of aliphatic carboxylic acids is 1. The average Bonchev–Trinajstić information content (AvgIpc) is 1.89. The maximum Gasteiger partial charge on any atom is 0.305 e. The average molecular weight is 1370 g/mol. The number of imidazole rings is 1. The van der Waals surface area contributed by atoms with Gasteiger partial charge in [-0.25, -0.2) is 13.8 Å². The molecule has 26 nitrogen and oxygen atoms in total. The molecule has 0 saturated carbocycles. The molecule has 4 aromatic carbocycles. The van der Waals surface area contributed by atoms with Crippen molar-refractivity contribution in [2.45, 2.75) is 124 Å². The lowest BCUT2D eigenvalue weighted by Crippen LogP contribution is -2.61. The topological polar surface area (TPSA) is 397 Å². The van der Waals surface area contributed by atoms with Crippen LogP contribution in [0, 0.1) is 11.6 Å². The fourth-order valence-corrected chi connectivity index (χ4v) is 13.3. The number of fused-ring (bicyclic) bond motifs is 5. The summed E-state index contributed by atoms with van der Waals surface area (Å²) >= 11 is 3.11. The van der Waals surface area contributed by atoms with Crippen molar-refractivity contribution in [2.75, 3.05) is 37.7 Å². The Hall–Kier alpha value is -9.81. The number of thioether (sulfide) groups is 2. The number of rotatable bonds is 14. The van der Waals surface area contributed by atoms with Crippen LogP contribution in [0.15, 0.2) is 110 Å². The number of phenols is 1. The normalized spacial score (nSPS) is 21.7. The molecule has 7 aromatic rings. The van der Waals surface area contributed by atoms with Gasteiger partial charge in [-0.1, -0.05) is 36.4 Å². The Labute approximate surface area is 564 Å². The summed E-state index contributed by atoms with van der Waals surface area (Å²) in [5, 5.41) is 42.4. The van der Waals surface area contributed by atoms with Crippen molar-refractivity contribution in [3.63, 3.8) is 0 Å². The van der Waals surface area contributed by atoms with Crippen LogP contribution in [0.2, 0.25) is 0 Å². The number of halogens is 2. The lowest BCUT2D eigenvalue weighted by Gasteiger charge is -2.30. The van der Waals surface area contributed by atoms with Crippen molar-refractivity contribution < 1.29 is 66.9 Å². The van der Waals surface area contributed by atoms with E-state index in [2.05, 4.69) is 68.5 Å². The van der Waals surface area contributed by atoms with Crippen LogP contribution in [0.5, 0.6) is 5.75 Å². The number of benzene rings is 4. The molecular weight excluding hydrogens is 1290 g/mol. The zero-order valence-corrected chi connectivity index (χ0v) is 54.5. The molecule has 7 atom stereocenters. The summed E-state index contributed by atoms with van der Waals surface area (Å²) in [5.74, 6) is -8.24. The van der Waals surface area contributed by atoms with Crippen LogP contribution in [0.25, 0.3) is 21.8 Å². The van der Waals surface area contributed by atoms with Gasteiger partial charge in [-0.3, -0.25) is 47.9 Å². The predicted molar refractivity (Wildman–Crippen MR) is 359 cm³/mol. The van der Waals surface area contributed by atoms with Crippen molar-refractivity contribution in [1.82, 2.24) is 67.4 Å². The van der Waals surface area contributed by atoms with E-state index in [1.165, 1.54) is 90.1 Å². The number of carbonyl (C=O) groups is 10. The number of hydrogen-bond acceptors (Lipinski definition) is 15. The molecule has 0 spiro atoms. The van der Waals surface area contributed by atoms with Crippen molar-refractivity contribution >= 4 is 104 Å². The first kappa shape index (κ1) is 71.5. The first-order valence-electron chi connectivity index (χ1n) is 31.8. The maximum atomic E-state index is 15.0. The van der Waals surface area contributed by atoms with Gasteiger partial charge in [-0.15, -0.1) is 0 Å². The minimum absolute atomic E-state index is 0.0577. The smallest absolute Gasteiger partial charge is 0.305 e. The highest BCUT2D eigenvalue weighted by atomic mass is 32.2. The SMILES string of the molecule is NCCCC[C@@H]1NC(=O)CCSCc2cccc(c2)CSCCNC(=O)[C@@H]2CCCN2C(=O)[C@H](Cc2ccc(O)cc2)NC(=O)[C@H](Cc2cnc[nH]2)NC(=O)[C@H](CC(=O)O)NC(=O)[C@H](Cc2c[nH]c3ccc(F)cc23)NC(=O)[C@H](Cc2c[nH]c3ccc(F)cc23)NC(=O)CNC1=O. The fourth-order valence-electron chi connectivity index (χ4n) is 11.6. The van der Waals surface area contributed by atoms with Crippen LogP contribution in [-0.4, -0.2) is 174 Å². The second-order valence-electron chi connectivity index (χ2n) is 23.8. The molecule has 3 aromatic heterocycles. The maximum absolute atomic E-state index is 15.0. The Morgan fingerprint density at radius 1 is 0.608 bits per heavy atom. The van der Waals surface area contributed by atoms with Gasteiger partial charge in [0.25, 0.3) is 0 Å². The van der Waals surface area contributed by atoms with E-state index < -0.39 is 132 Å². The third-order valence-electron chi connectivity index (χ3n) is 16.6. The Morgan fingerprint density at radius 3 is 1.81 bits per heavy atom. The fraction of sp³-hybridized carbons (Fsp3) is 0.388. The van der Waals surface area contributed by atoms with Gasteiger partial charge in [0, 0.05) is 114 Å². The first-order valence-corrected chi connectivity index (χ1v) is 34.2. The summed E-state index contributed by atoms with van der Waals surface area (Å²) in [7, 11) is 0. The molecular formula is C67H78F2N14O12S2. The van der Waals surface area contributed by atoms with Crippen molar-refractivity contribution in [1.29, 1.82) is 0 Å². The molecule has 0 aliphatic carbocycles. The van der Waals surface area contributed by atoms with E-state index in [0.717, 1.165) is 11.1 Å². The molecule has 9 amide bonds. The standard InChI is InChI=1S/C67H78F2N14O12S2/c68-43-11-15-49-47(27-43)41(31-73-49)25-52-62(90)79-53(26-42-32-74-50-16-12-44(69)28-48(42)50)63(91)81-55(30-60(87)88)65(93)80-54(29-45-33-71-37-76-45)64(92)82-56(24-38-9-13-46(84)14-10-38)67(95)83-20-4-8-57(83)66(94)72-19-22-97-36-40-6-3-5-39(23-40)35-96-21-17-58(85)77-51(7-1-2-18-70)61(89)75-34-59(86)78-52/h3,5-6,9-16,23,27-28,31-33,37,51-57,73-74,84H,1-2,4,7-8,17-22,24-26,29-30,34-36,70H2,(H,71,76)(H,72,94)(H,75,89)(H,77,85)(H,78,86)(H,79,90)(H,80,93)(H,81,91)(H,82,92)(H,87,88)/t51-,52-,53-,54-,55-,56-,57-/m0/s1. The number of nitrogens with two attached hydrogens (primary N) is 1. The summed E-state index contributed by atoms with van der Waals surface area (Å²) in [4.78, 5) is 157. The highest BCUT2D eigenvalue weighted by molar-refractivity contribution is 7.98. The van der Waals surface area contributed by atoms with Crippen LogP contribution in [0.1, 0.15) is 78.5 Å². The highest BCUT2D eigenvalue weighted by Crippen LogP contribution is 2.26. The molecule has 9 rings (SSSR count). The number of carboxylic acids is 1. The Morgan fingerprint density at radius 2 is 1.20 bits per heavy atom. The molecule has 1 fully saturated rings. The second kappa shape index (κ2) is 34.7. The van der Waals surface area contributed by atoms with Crippen molar-refractivity contribution in [3.8, 4) is 5.75 Å². The molecule has 2 aliphatic rings. The van der Waals surface area contributed by atoms with Gasteiger partial charge in [0.15, 0.2) is 0 Å². The number of carbonyl (C=O) groups excluding carboxylic acids is 9. The third kappa shape index (κ3) is 20.6. The van der Waals surface area contributed by atoms with Crippen LogP contribution in [0.3, 0.4) is 0 Å². The van der Waals surface area contributed by atoms with Gasteiger partial charge < -0.3 is 78.3 Å². The number of carboxylic acid groups (broad SMARTS) is 1. The van der Waals surface area contributed by atoms with Gasteiger partial charge in [0.05, 0.1) is 19.3 Å². The summed E-state index contributed by atoms with van der Waals surface area (Å²) in [6.45, 7) is 0.0287. The number of H-pyrrole nitrogens is 3. The van der Waals surface area contributed by atoms with Gasteiger partial charge in [0.2, 0.25) is 53.2 Å². The molecule has 514 valence electrons. The van der Waals surface area contributed by atoms with E-state index in [1.54, 1.807) is 23.9 Å². The summed E-state index contributed by atoms with van der Waals surface area (Å²) in [6.07, 6.45) is 5.20. The first-order chi connectivity index (χ1) is 46.8. The molecule has 1 saturated heterocycles. The summed E-state index contributed by atoms with van der Waals surface area (Å²) < 4.78 is 29.8. The minimum atomic E-state index is -2.01. The number of nitrogens with zero attached hydrogens (tertiary/aromatic N) is 2. The summed E-state index contributed by atoms with van der Waals surface area (Å²) in [6, 6.07) is 11.1. The largest absolute Gasteiger partial charge is 0.508 e. The van der Waals surface area contributed by atoms with E-state index >= 15 is 9.59 Å². The molecule has 2 aliphatic heterocycles. The van der Waals surface area contributed by atoms with Gasteiger partial charge in [-0.05, 0) is 115 Å². The highest BCUT2D eigenvalue weighted by Gasteiger charge is 2.40. The molecule has 2 bridgehead atoms. The van der Waals surface area contributed by atoms with E-state index in [4.69, 9.17) is 5.73 Å². The lowest BCUT2D eigenvalue weighted by molar-refractivity contribution is -0.142. The zero-order valence-electron chi connectivity index (χ0n) is 52.9. The minimum Gasteiger partial charge on any atom is -0.508 e. The predicted octanol–water partition coefficient (Wildman–Crippen LogP) is 2.93. The number of phenolic OH excluding ortho intramolecular Hbond substituents is 1. The number of amides is 9. The molecule has 5 heterocycles. The summed E-state index contributed by atoms with van der Waals surface area (Å²) in [5.41, 5.74) is 10.1. The Bertz CT molecular complexity index is 3950. The Balaban J connectivity index is 1.03. The van der Waals surface area contributed by atoms with Crippen LogP contribution in [0.4, 0.5) is 8.78 Å². The van der Waals surface area contributed by atoms with Crippen LogP contribution in [-0.2, 0) is 85.1 Å². The van der Waals surface area contributed by atoms with Crippen molar-refractivity contribution in [3.05, 3.63) is 155 Å². The zero-order chi connectivity index (χ0) is 69.0.